The third-order valence-electron chi connectivity index (χ3n) is 8.48. The number of unbranched alkanes of at least 4 members (excludes halogenated alkanes) is 17. The number of ether oxygens (including phenoxy) is 2. The number of hydrogen-bond donors (Lipinski definition) is 2. The first-order valence-corrected chi connectivity index (χ1v) is 22.1. The summed E-state index contributed by atoms with van der Waals surface area (Å²) in [5.41, 5.74) is 5.34. The summed E-state index contributed by atoms with van der Waals surface area (Å²) in [7, 11) is -4.38. The van der Waals surface area contributed by atoms with Crippen molar-refractivity contribution < 1.29 is 37.6 Å². The zero-order valence-electron chi connectivity index (χ0n) is 33.0. The van der Waals surface area contributed by atoms with Crippen molar-refractivity contribution in [3.8, 4) is 0 Å². The molecule has 0 saturated heterocycles. The molecule has 0 aliphatic heterocycles. The van der Waals surface area contributed by atoms with Crippen molar-refractivity contribution in [3.63, 3.8) is 0 Å². The van der Waals surface area contributed by atoms with E-state index in [0.717, 1.165) is 57.8 Å². The minimum Gasteiger partial charge on any atom is -0.462 e. The van der Waals surface area contributed by atoms with Gasteiger partial charge >= 0.3 is 19.8 Å². The lowest BCUT2D eigenvalue weighted by atomic mass is 10.0. The molecule has 0 rings (SSSR count). The second-order valence-electron chi connectivity index (χ2n) is 13.5. The van der Waals surface area contributed by atoms with Gasteiger partial charge in [-0.2, -0.15) is 0 Å². The van der Waals surface area contributed by atoms with Crippen molar-refractivity contribution in [3.05, 3.63) is 48.6 Å². The Balaban J connectivity index is 4.23. The SMILES string of the molecule is CC/C=C/C/C=C/C/C=C/C/C=C/CCCCC(=O)OC[C@H](COP(=O)(O)OCCN)OC(=O)CCCCCCCCCCCCCCCCCC. The van der Waals surface area contributed by atoms with Gasteiger partial charge in [-0.3, -0.25) is 18.6 Å². The summed E-state index contributed by atoms with van der Waals surface area (Å²) in [6.45, 7) is 3.57. The Bertz CT molecular complexity index is 996. The zero-order valence-corrected chi connectivity index (χ0v) is 33.9. The monoisotopic (exact) mass is 754 g/mol. The predicted octanol–water partition coefficient (Wildman–Crippen LogP) is 11.6. The average Bonchev–Trinajstić information content (AvgIpc) is 3.13. The molecule has 0 aromatic carbocycles. The molecule has 0 aliphatic rings. The number of nitrogens with two attached hydrogens (primary N) is 1. The molecular formula is C42H76NO8P. The van der Waals surface area contributed by atoms with Gasteiger partial charge in [0.15, 0.2) is 6.10 Å². The third kappa shape index (κ3) is 37.7. The van der Waals surface area contributed by atoms with Crippen molar-refractivity contribution in [2.24, 2.45) is 5.73 Å². The van der Waals surface area contributed by atoms with Crippen LogP contribution in [0.4, 0.5) is 0 Å². The summed E-state index contributed by atoms with van der Waals surface area (Å²) in [5, 5.41) is 0. The molecular weight excluding hydrogens is 677 g/mol. The van der Waals surface area contributed by atoms with E-state index in [4.69, 9.17) is 24.3 Å². The maximum Gasteiger partial charge on any atom is 0.472 e. The molecule has 3 N–H and O–H groups in total. The van der Waals surface area contributed by atoms with Gasteiger partial charge in [0.25, 0.3) is 0 Å². The van der Waals surface area contributed by atoms with Gasteiger partial charge in [-0.25, -0.2) is 4.57 Å². The summed E-state index contributed by atoms with van der Waals surface area (Å²) in [6, 6.07) is 0. The molecule has 0 fully saturated rings. The molecule has 0 aromatic rings. The number of allylic oxidation sites excluding steroid dienone is 8. The van der Waals surface area contributed by atoms with Gasteiger partial charge < -0.3 is 20.1 Å². The van der Waals surface area contributed by atoms with E-state index in [9.17, 15) is 19.0 Å². The van der Waals surface area contributed by atoms with E-state index < -0.39 is 32.5 Å². The minimum atomic E-state index is -4.38. The highest BCUT2D eigenvalue weighted by atomic mass is 31.2. The van der Waals surface area contributed by atoms with Crippen LogP contribution in [-0.4, -0.2) is 49.3 Å². The maximum atomic E-state index is 12.6. The van der Waals surface area contributed by atoms with Crippen LogP contribution in [0.2, 0.25) is 0 Å². The maximum absolute atomic E-state index is 12.6. The second-order valence-corrected chi connectivity index (χ2v) is 14.9. The van der Waals surface area contributed by atoms with Crippen LogP contribution in [0.5, 0.6) is 0 Å². The van der Waals surface area contributed by atoms with Crippen LogP contribution in [0, 0.1) is 0 Å². The molecule has 0 amide bonds. The molecule has 0 spiro atoms. The molecule has 302 valence electrons. The summed E-state index contributed by atoms with van der Waals surface area (Å²) in [4.78, 5) is 34.8. The Labute approximate surface area is 317 Å². The lowest BCUT2D eigenvalue weighted by Crippen LogP contribution is -2.29. The Morgan fingerprint density at radius 3 is 1.58 bits per heavy atom. The van der Waals surface area contributed by atoms with Crippen molar-refractivity contribution in [1.29, 1.82) is 0 Å². The lowest BCUT2D eigenvalue weighted by molar-refractivity contribution is -0.161. The van der Waals surface area contributed by atoms with Gasteiger partial charge in [0.2, 0.25) is 0 Å². The fraction of sp³-hybridized carbons (Fsp3) is 0.762. The smallest absolute Gasteiger partial charge is 0.462 e. The number of carbonyl (C=O) groups excluding carboxylic acids is 2. The highest BCUT2D eigenvalue weighted by Crippen LogP contribution is 2.43. The summed E-state index contributed by atoms with van der Waals surface area (Å²) < 4.78 is 32.7. The van der Waals surface area contributed by atoms with Crippen LogP contribution in [0.1, 0.15) is 174 Å². The van der Waals surface area contributed by atoms with Crippen molar-refractivity contribution >= 4 is 19.8 Å². The molecule has 0 saturated carbocycles. The van der Waals surface area contributed by atoms with Crippen molar-refractivity contribution in [2.45, 2.75) is 180 Å². The van der Waals surface area contributed by atoms with E-state index in [1.165, 1.54) is 77.0 Å². The molecule has 0 heterocycles. The summed E-state index contributed by atoms with van der Waals surface area (Å²) >= 11 is 0. The number of esters is 2. The van der Waals surface area contributed by atoms with Gasteiger partial charge in [-0.15, -0.1) is 0 Å². The van der Waals surface area contributed by atoms with E-state index in [1.54, 1.807) is 0 Å². The highest BCUT2D eigenvalue weighted by Gasteiger charge is 2.25. The van der Waals surface area contributed by atoms with Crippen molar-refractivity contribution in [2.75, 3.05) is 26.4 Å². The topological polar surface area (TPSA) is 134 Å². The number of phosphoric acid groups is 1. The first-order chi connectivity index (χ1) is 25.3. The summed E-state index contributed by atoms with van der Waals surface area (Å²) in [6.07, 6.45) is 42.9. The van der Waals surface area contributed by atoms with Gasteiger partial charge in [-0.05, 0) is 51.4 Å². The van der Waals surface area contributed by atoms with Gasteiger partial charge in [0.1, 0.15) is 6.61 Å². The average molecular weight is 754 g/mol. The zero-order chi connectivity index (χ0) is 38.2. The highest BCUT2D eigenvalue weighted by molar-refractivity contribution is 7.47. The van der Waals surface area contributed by atoms with Gasteiger partial charge in [0.05, 0.1) is 13.2 Å². The largest absolute Gasteiger partial charge is 0.472 e. The fourth-order valence-electron chi connectivity index (χ4n) is 5.45. The second kappa shape index (κ2) is 38.7. The van der Waals surface area contributed by atoms with E-state index in [1.807, 2.05) is 0 Å². The van der Waals surface area contributed by atoms with Gasteiger partial charge in [0, 0.05) is 19.4 Å². The normalized spacial score (nSPS) is 13.8. The molecule has 0 bridgehead atoms. The molecule has 52 heavy (non-hydrogen) atoms. The predicted molar refractivity (Wildman–Crippen MR) is 215 cm³/mol. The first kappa shape index (κ1) is 50.0. The van der Waals surface area contributed by atoms with E-state index in [-0.39, 0.29) is 32.6 Å². The minimum absolute atomic E-state index is 0.0472. The number of phosphoric ester groups is 1. The van der Waals surface area contributed by atoms with Gasteiger partial charge in [-0.1, -0.05) is 159 Å². The van der Waals surface area contributed by atoms with Crippen LogP contribution in [-0.2, 0) is 32.7 Å². The summed E-state index contributed by atoms with van der Waals surface area (Å²) in [5.74, 6) is -0.876. The van der Waals surface area contributed by atoms with Crippen LogP contribution in [0.3, 0.4) is 0 Å². The molecule has 0 aromatic heterocycles. The first-order valence-electron chi connectivity index (χ1n) is 20.6. The Hall–Kier alpha value is -2.03. The van der Waals surface area contributed by atoms with Crippen LogP contribution in [0.15, 0.2) is 48.6 Å². The number of rotatable bonds is 38. The molecule has 0 radical (unpaired) electrons. The lowest BCUT2D eigenvalue weighted by Gasteiger charge is -2.19. The van der Waals surface area contributed by atoms with E-state index in [0.29, 0.717) is 12.8 Å². The molecule has 9 nitrogen and oxygen atoms in total. The van der Waals surface area contributed by atoms with E-state index >= 15 is 0 Å². The Morgan fingerprint density at radius 2 is 1.06 bits per heavy atom. The quantitative estimate of drug-likeness (QED) is 0.0273. The third-order valence-corrected chi connectivity index (χ3v) is 9.46. The fourth-order valence-corrected chi connectivity index (χ4v) is 6.21. The van der Waals surface area contributed by atoms with Crippen LogP contribution in [0.25, 0.3) is 0 Å². The Morgan fingerprint density at radius 1 is 0.596 bits per heavy atom. The standard InChI is InChI=1S/C42H76NO8P/c1-3-5-7-9-11-13-15-17-19-21-23-25-27-29-31-33-35-42(45)51-40(39-50-52(46,47)49-37-36-43)38-48-41(44)34-32-30-28-26-24-22-20-18-16-14-12-10-8-6-4-2/h6,8,12,14,18,20,24,26,40H,3-5,7,9-11,13,15-17,19,21-23,25,27-39,43H2,1-2H3,(H,46,47)/b8-6+,14-12+,20-18+,26-24+/t40-/m1/s1. The molecule has 1 unspecified atom stereocenters. The van der Waals surface area contributed by atoms with Crippen LogP contribution < -0.4 is 5.73 Å². The number of hydrogen-bond acceptors (Lipinski definition) is 8. The van der Waals surface area contributed by atoms with E-state index in [2.05, 4.69) is 62.5 Å². The van der Waals surface area contributed by atoms with Crippen LogP contribution >= 0.6 is 7.82 Å². The molecule has 0 aliphatic carbocycles. The van der Waals surface area contributed by atoms with Crippen molar-refractivity contribution in [1.82, 2.24) is 0 Å². The molecule has 10 heteroatoms. The number of carbonyl (C=O) groups is 2. The molecule has 2 atom stereocenters. The Kier molecular flexibility index (Phi) is 37.2.